The minimum atomic E-state index is 0.963. The van der Waals surface area contributed by atoms with Gasteiger partial charge in [0.15, 0.2) is 0 Å². The number of allylic oxidation sites excluding steroid dienone is 2. The summed E-state index contributed by atoms with van der Waals surface area (Å²) in [6, 6.07) is 20.2. The van der Waals surface area contributed by atoms with Crippen LogP contribution in [0.2, 0.25) is 0 Å². The minimum absolute atomic E-state index is 0.963. The second-order valence-corrected chi connectivity index (χ2v) is 4.29. The van der Waals surface area contributed by atoms with Gasteiger partial charge in [-0.1, -0.05) is 67.2 Å². The van der Waals surface area contributed by atoms with E-state index in [4.69, 9.17) is 0 Å². The lowest BCUT2D eigenvalue weighted by molar-refractivity contribution is 1.49. The number of aliphatic imine (C=N–C) groups is 1. The molecule has 0 fully saturated rings. The molecule has 0 amide bonds. The molecule has 0 bridgehead atoms. The van der Waals surface area contributed by atoms with Gasteiger partial charge in [-0.05, 0) is 29.7 Å². The molecular weight excluding hydrogens is 230 g/mol. The lowest BCUT2D eigenvalue weighted by Gasteiger charge is -1.99. The summed E-state index contributed by atoms with van der Waals surface area (Å²) >= 11 is 0. The molecule has 0 radical (unpaired) electrons. The highest BCUT2D eigenvalue weighted by atomic mass is 14.7. The Morgan fingerprint density at radius 2 is 1.42 bits per heavy atom. The highest BCUT2D eigenvalue weighted by Gasteiger charge is 1.94. The third-order valence-corrected chi connectivity index (χ3v) is 2.88. The van der Waals surface area contributed by atoms with Crippen LogP contribution in [0.4, 0.5) is 0 Å². The molecule has 2 rings (SSSR count). The fourth-order valence-corrected chi connectivity index (χ4v) is 1.74. The molecule has 0 aliphatic rings. The van der Waals surface area contributed by atoms with Crippen LogP contribution in [-0.2, 0) is 0 Å². The van der Waals surface area contributed by atoms with Gasteiger partial charge < -0.3 is 0 Å². The van der Waals surface area contributed by atoms with Gasteiger partial charge >= 0.3 is 0 Å². The van der Waals surface area contributed by atoms with Crippen LogP contribution < -0.4 is 0 Å². The Morgan fingerprint density at radius 1 is 0.895 bits per heavy atom. The molecular formula is C18H17N. The molecule has 0 saturated carbocycles. The first-order chi connectivity index (χ1) is 9.27. The van der Waals surface area contributed by atoms with E-state index in [-0.39, 0.29) is 0 Å². The number of hydrogen-bond donors (Lipinski definition) is 0. The Morgan fingerprint density at radius 3 is 2.00 bits per heavy atom. The van der Waals surface area contributed by atoms with E-state index < -0.39 is 0 Å². The number of benzene rings is 2. The van der Waals surface area contributed by atoms with E-state index in [1.165, 1.54) is 0 Å². The van der Waals surface area contributed by atoms with Gasteiger partial charge in [-0.3, -0.25) is 4.99 Å². The summed E-state index contributed by atoms with van der Waals surface area (Å²) in [5.74, 6) is 0. The SMILES string of the molecule is C=C(/C=C\N=C(C)c1ccccc1)c1ccccc1. The van der Waals surface area contributed by atoms with Crippen LogP contribution in [0.3, 0.4) is 0 Å². The van der Waals surface area contributed by atoms with Crippen LogP contribution in [0.25, 0.3) is 5.57 Å². The number of rotatable bonds is 4. The minimum Gasteiger partial charge on any atom is -0.261 e. The molecule has 2 aromatic rings. The van der Waals surface area contributed by atoms with E-state index in [2.05, 4.69) is 23.7 Å². The smallest absolute Gasteiger partial charge is 0.0444 e. The molecule has 0 unspecified atom stereocenters. The topological polar surface area (TPSA) is 12.4 Å². The van der Waals surface area contributed by atoms with Crippen LogP contribution in [0.1, 0.15) is 18.1 Å². The molecule has 0 saturated heterocycles. The highest BCUT2D eigenvalue weighted by molar-refractivity contribution is 5.99. The summed E-state index contributed by atoms with van der Waals surface area (Å²) in [6.07, 6.45) is 3.74. The molecule has 94 valence electrons. The van der Waals surface area contributed by atoms with Gasteiger partial charge in [-0.2, -0.15) is 0 Å². The molecule has 19 heavy (non-hydrogen) atoms. The Balaban J connectivity index is 2.06. The zero-order valence-electron chi connectivity index (χ0n) is 11.1. The summed E-state index contributed by atoms with van der Waals surface area (Å²) in [6.45, 7) is 6.04. The summed E-state index contributed by atoms with van der Waals surface area (Å²) < 4.78 is 0. The maximum absolute atomic E-state index is 4.44. The normalized spacial score (nSPS) is 11.7. The van der Waals surface area contributed by atoms with Crippen molar-refractivity contribution in [3.8, 4) is 0 Å². The maximum Gasteiger partial charge on any atom is 0.0444 e. The Bertz CT molecular complexity index is 592. The third-order valence-electron chi connectivity index (χ3n) is 2.88. The molecule has 2 aromatic carbocycles. The van der Waals surface area contributed by atoms with Crippen LogP contribution in [0.5, 0.6) is 0 Å². The van der Waals surface area contributed by atoms with Crippen molar-refractivity contribution < 1.29 is 0 Å². The van der Waals surface area contributed by atoms with E-state index in [9.17, 15) is 0 Å². The fourth-order valence-electron chi connectivity index (χ4n) is 1.74. The Hall–Kier alpha value is -2.41. The zero-order chi connectivity index (χ0) is 13.5. The van der Waals surface area contributed by atoms with Gasteiger partial charge in [0.1, 0.15) is 0 Å². The zero-order valence-corrected chi connectivity index (χ0v) is 11.1. The van der Waals surface area contributed by atoms with Crippen molar-refractivity contribution in [1.29, 1.82) is 0 Å². The van der Waals surface area contributed by atoms with Gasteiger partial charge in [0.05, 0.1) is 0 Å². The first kappa shape index (κ1) is 13.0. The lowest BCUT2D eigenvalue weighted by Crippen LogP contribution is -1.91. The third kappa shape index (κ3) is 3.78. The van der Waals surface area contributed by atoms with Crippen molar-refractivity contribution >= 4 is 11.3 Å². The number of nitrogens with zero attached hydrogens (tertiary/aromatic N) is 1. The molecule has 0 aliphatic carbocycles. The van der Waals surface area contributed by atoms with Crippen LogP contribution in [-0.4, -0.2) is 5.71 Å². The molecule has 0 aliphatic heterocycles. The largest absolute Gasteiger partial charge is 0.261 e. The summed E-state index contributed by atoms with van der Waals surface area (Å²) in [5.41, 5.74) is 4.21. The standard InChI is InChI=1S/C18H17N/c1-15(17-9-5-3-6-10-17)13-14-19-16(2)18-11-7-4-8-12-18/h3-14H,1H2,2H3/b14-13-,19-16?. The van der Waals surface area contributed by atoms with Crippen molar-refractivity contribution in [3.05, 3.63) is 90.6 Å². The van der Waals surface area contributed by atoms with Crippen molar-refractivity contribution in [2.24, 2.45) is 4.99 Å². The van der Waals surface area contributed by atoms with Gasteiger partial charge in [0, 0.05) is 11.9 Å². The van der Waals surface area contributed by atoms with E-state index in [1.54, 1.807) is 6.20 Å². The van der Waals surface area contributed by atoms with E-state index in [0.717, 1.165) is 22.4 Å². The highest BCUT2D eigenvalue weighted by Crippen LogP contribution is 2.12. The summed E-state index contributed by atoms with van der Waals surface area (Å²) in [4.78, 5) is 4.44. The molecule has 0 N–H and O–H groups in total. The van der Waals surface area contributed by atoms with E-state index in [0.29, 0.717) is 0 Å². The first-order valence-corrected chi connectivity index (χ1v) is 6.28. The molecule has 0 spiro atoms. The first-order valence-electron chi connectivity index (χ1n) is 6.28. The molecule has 0 atom stereocenters. The monoisotopic (exact) mass is 247 g/mol. The van der Waals surface area contributed by atoms with E-state index >= 15 is 0 Å². The lowest BCUT2D eigenvalue weighted by atomic mass is 10.1. The van der Waals surface area contributed by atoms with Crippen LogP contribution in [0, 0.1) is 0 Å². The Labute approximate surface area is 114 Å². The van der Waals surface area contributed by atoms with Gasteiger partial charge in [0.2, 0.25) is 0 Å². The second-order valence-electron chi connectivity index (χ2n) is 4.29. The average Bonchev–Trinajstić information content (AvgIpc) is 2.49. The summed E-state index contributed by atoms with van der Waals surface area (Å²) in [5, 5.41) is 0. The van der Waals surface area contributed by atoms with Gasteiger partial charge in [-0.25, -0.2) is 0 Å². The second kappa shape index (κ2) is 6.50. The van der Waals surface area contributed by atoms with Crippen molar-refractivity contribution in [3.63, 3.8) is 0 Å². The van der Waals surface area contributed by atoms with Crippen molar-refractivity contribution in [2.45, 2.75) is 6.92 Å². The van der Waals surface area contributed by atoms with Crippen LogP contribution >= 0.6 is 0 Å². The van der Waals surface area contributed by atoms with Crippen LogP contribution in [0.15, 0.2) is 84.5 Å². The maximum atomic E-state index is 4.44. The number of hydrogen-bond acceptors (Lipinski definition) is 1. The average molecular weight is 247 g/mol. The van der Waals surface area contributed by atoms with E-state index in [1.807, 2.05) is 61.5 Å². The quantitative estimate of drug-likeness (QED) is 0.547. The molecule has 1 nitrogen and oxygen atoms in total. The van der Waals surface area contributed by atoms with Crippen molar-refractivity contribution in [2.75, 3.05) is 0 Å². The predicted octanol–water partition coefficient (Wildman–Crippen LogP) is 4.72. The summed E-state index contributed by atoms with van der Waals surface area (Å²) in [7, 11) is 0. The van der Waals surface area contributed by atoms with Gasteiger partial charge in [0.25, 0.3) is 0 Å². The molecule has 1 heteroatoms. The molecule has 0 aromatic heterocycles. The van der Waals surface area contributed by atoms with Crippen molar-refractivity contribution in [1.82, 2.24) is 0 Å². The van der Waals surface area contributed by atoms with Gasteiger partial charge in [-0.15, -0.1) is 0 Å². The predicted molar refractivity (Wildman–Crippen MR) is 83.3 cm³/mol. The molecule has 0 heterocycles. The Kier molecular flexibility index (Phi) is 4.46. The fraction of sp³-hybridized carbons (Fsp3) is 0.0556.